The van der Waals surface area contributed by atoms with Crippen LogP contribution in [0.15, 0.2) is 23.2 Å². The molecule has 0 spiro atoms. The smallest absolute Gasteiger partial charge is 0.191 e. The fraction of sp³-hybridized carbons (Fsp3) is 0.667. The molecular formula is C21H37IN4O3. The first-order valence-corrected chi connectivity index (χ1v) is 10.3. The molecule has 29 heavy (non-hydrogen) atoms. The number of phenols is 1. The highest BCUT2D eigenvalue weighted by molar-refractivity contribution is 14.0. The molecule has 2 rings (SSSR count). The van der Waals surface area contributed by atoms with Crippen LogP contribution in [0.3, 0.4) is 0 Å². The summed E-state index contributed by atoms with van der Waals surface area (Å²) in [5.41, 5.74) is 0.850. The number of nitrogens with zero attached hydrogens (tertiary/aromatic N) is 2. The summed E-state index contributed by atoms with van der Waals surface area (Å²) in [7, 11) is 3.32. The summed E-state index contributed by atoms with van der Waals surface area (Å²) >= 11 is 0. The van der Waals surface area contributed by atoms with Crippen LogP contribution in [0.4, 0.5) is 0 Å². The van der Waals surface area contributed by atoms with Crippen molar-refractivity contribution in [1.29, 1.82) is 0 Å². The van der Waals surface area contributed by atoms with Crippen LogP contribution in [0.1, 0.15) is 31.7 Å². The molecule has 8 heteroatoms. The Hall–Kier alpha value is -1.26. The molecule has 0 aliphatic carbocycles. The number of likely N-dealkylation sites (tertiary alicyclic amines) is 1. The molecule has 7 nitrogen and oxygen atoms in total. The van der Waals surface area contributed by atoms with Crippen LogP contribution in [0.5, 0.6) is 11.5 Å². The van der Waals surface area contributed by atoms with Crippen LogP contribution in [-0.2, 0) is 11.2 Å². The lowest BCUT2D eigenvalue weighted by molar-refractivity contribution is 0.155. The van der Waals surface area contributed by atoms with Crippen LogP contribution in [0.2, 0.25) is 0 Å². The first kappa shape index (κ1) is 25.8. The number of methoxy groups -OCH3 is 2. The lowest BCUT2D eigenvalue weighted by Crippen LogP contribution is -2.49. The van der Waals surface area contributed by atoms with Crippen LogP contribution < -0.4 is 15.4 Å². The molecule has 1 heterocycles. The summed E-state index contributed by atoms with van der Waals surface area (Å²) in [5, 5.41) is 17.1. The molecule has 0 amide bonds. The van der Waals surface area contributed by atoms with E-state index in [9.17, 15) is 5.11 Å². The number of nitrogens with one attached hydrogen (secondary N) is 2. The predicted octanol–water partition coefficient (Wildman–Crippen LogP) is 2.62. The monoisotopic (exact) mass is 520 g/mol. The number of phenolic OH excluding ortho intramolecular Hbond substituents is 1. The van der Waals surface area contributed by atoms with E-state index in [0.29, 0.717) is 24.8 Å². The van der Waals surface area contributed by atoms with E-state index in [4.69, 9.17) is 14.5 Å². The Morgan fingerprint density at radius 1 is 1.28 bits per heavy atom. The lowest BCUT2D eigenvalue weighted by Gasteiger charge is -2.33. The van der Waals surface area contributed by atoms with E-state index in [0.717, 1.165) is 63.6 Å². The maximum Gasteiger partial charge on any atom is 0.191 e. The summed E-state index contributed by atoms with van der Waals surface area (Å²) < 4.78 is 10.3. The molecule has 166 valence electrons. The number of hydrogen-bond donors (Lipinski definition) is 3. The molecule has 0 radical (unpaired) electrons. The lowest BCUT2D eigenvalue weighted by atomic mass is 10.1. The number of benzene rings is 1. The second-order valence-corrected chi connectivity index (χ2v) is 7.09. The van der Waals surface area contributed by atoms with E-state index in [1.165, 1.54) is 0 Å². The van der Waals surface area contributed by atoms with Gasteiger partial charge in [0, 0.05) is 52.5 Å². The van der Waals surface area contributed by atoms with Gasteiger partial charge < -0.3 is 30.1 Å². The molecule has 3 N–H and O–H groups in total. The first-order valence-electron chi connectivity index (χ1n) is 10.3. The number of ether oxygens (including phenoxy) is 2. The second kappa shape index (κ2) is 14.7. The molecule has 0 bridgehead atoms. The number of para-hydroxylation sites is 1. The van der Waals surface area contributed by atoms with Gasteiger partial charge in [0.15, 0.2) is 17.5 Å². The quantitative estimate of drug-likeness (QED) is 0.191. The number of aliphatic imine (C=N–C) groups is 1. The maximum atomic E-state index is 10.2. The minimum atomic E-state index is 0. The van der Waals surface area contributed by atoms with Crippen molar-refractivity contribution in [2.24, 2.45) is 4.99 Å². The Labute approximate surface area is 192 Å². The number of aromatic hydroxyl groups is 1. The average Bonchev–Trinajstić information content (AvgIpc) is 2.71. The van der Waals surface area contributed by atoms with Crippen molar-refractivity contribution in [3.8, 4) is 11.5 Å². The van der Waals surface area contributed by atoms with Crippen LogP contribution in [0, 0.1) is 0 Å². The molecule has 1 aromatic carbocycles. The molecule has 0 atom stereocenters. The molecule has 1 aliphatic heterocycles. The predicted molar refractivity (Wildman–Crippen MR) is 129 cm³/mol. The number of halogens is 1. The van der Waals surface area contributed by atoms with E-state index in [1.54, 1.807) is 20.3 Å². The summed E-state index contributed by atoms with van der Waals surface area (Å²) in [5.74, 6) is 1.56. The van der Waals surface area contributed by atoms with E-state index in [-0.39, 0.29) is 29.7 Å². The van der Waals surface area contributed by atoms with Crippen molar-refractivity contribution >= 4 is 29.9 Å². The van der Waals surface area contributed by atoms with Gasteiger partial charge in [0.2, 0.25) is 0 Å². The largest absolute Gasteiger partial charge is 0.504 e. The van der Waals surface area contributed by atoms with Crippen LogP contribution in [-0.4, -0.2) is 75.6 Å². The van der Waals surface area contributed by atoms with Gasteiger partial charge in [0.05, 0.1) is 7.11 Å². The summed E-state index contributed by atoms with van der Waals surface area (Å²) in [6.45, 7) is 7.66. The average molecular weight is 520 g/mol. The van der Waals surface area contributed by atoms with Gasteiger partial charge in [-0.1, -0.05) is 12.1 Å². The van der Waals surface area contributed by atoms with E-state index in [2.05, 4.69) is 22.5 Å². The van der Waals surface area contributed by atoms with Gasteiger partial charge in [-0.15, -0.1) is 24.0 Å². The van der Waals surface area contributed by atoms with Crippen LogP contribution >= 0.6 is 24.0 Å². The molecule has 0 saturated carbocycles. The van der Waals surface area contributed by atoms with Gasteiger partial charge in [0.25, 0.3) is 0 Å². The molecule has 1 saturated heterocycles. The number of guanidine groups is 1. The first-order chi connectivity index (χ1) is 13.7. The Kier molecular flexibility index (Phi) is 13.0. The molecule has 1 fully saturated rings. The van der Waals surface area contributed by atoms with Crippen molar-refractivity contribution in [1.82, 2.24) is 15.5 Å². The zero-order chi connectivity index (χ0) is 20.2. The van der Waals surface area contributed by atoms with Gasteiger partial charge >= 0.3 is 0 Å². The molecule has 1 aliphatic rings. The molecular weight excluding hydrogens is 483 g/mol. The Morgan fingerprint density at radius 3 is 2.69 bits per heavy atom. The summed E-state index contributed by atoms with van der Waals surface area (Å²) in [6, 6.07) is 6.01. The standard InChI is InChI=1S/C21H36N4O3.HI/c1-4-22-21(23-12-9-17-7-5-8-19(28-3)20(17)26)24-18-10-14-25(15-11-18)13-6-16-27-2;/h5,7-8,18,26H,4,6,9-16H2,1-3H3,(H2,22,23,24);1H. The van der Waals surface area contributed by atoms with Gasteiger partial charge in [-0.25, -0.2) is 0 Å². The zero-order valence-corrected chi connectivity index (χ0v) is 20.3. The van der Waals surface area contributed by atoms with Crippen molar-refractivity contribution in [3.05, 3.63) is 23.8 Å². The highest BCUT2D eigenvalue weighted by atomic mass is 127. The minimum absolute atomic E-state index is 0. The van der Waals surface area contributed by atoms with Gasteiger partial charge in [-0.2, -0.15) is 0 Å². The van der Waals surface area contributed by atoms with Crippen molar-refractivity contribution in [3.63, 3.8) is 0 Å². The SMILES string of the molecule is CCNC(=NCCc1cccc(OC)c1O)NC1CCN(CCCOC)CC1.I. The number of rotatable bonds is 10. The highest BCUT2D eigenvalue weighted by Crippen LogP contribution is 2.29. The zero-order valence-electron chi connectivity index (χ0n) is 17.9. The third kappa shape index (κ3) is 8.96. The third-order valence-corrected chi connectivity index (χ3v) is 5.05. The fourth-order valence-corrected chi connectivity index (χ4v) is 3.47. The normalized spacial score (nSPS) is 15.6. The minimum Gasteiger partial charge on any atom is -0.504 e. The molecule has 0 aromatic heterocycles. The summed E-state index contributed by atoms with van der Waals surface area (Å²) in [4.78, 5) is 7.20. The van der Waals surface area contributed by atoms with E-state index < -0.39 is 0 Å². The Balaban J connectivity index is 0.00000420. The van der Waals surface area contributed by atoms with E-state index in [1.807, 2.05) is 12.1 Å². The van der Waals surface area contributed by atoms with Crippen LogP contribution in [0.25, 0.3) is 0 Å². The number of hydrogen-bond acceptors (Lipinski definition) is 5. The van der Waals surface area contributed by atoms with Crippen molar-refractivity contribution in [2.45, 2.75) is 38.6 Å². The third-order valence-electron chi connectivity index (χ3n) is 5.05. The van der Waals surface area contributed by atoms with E-state index >= 15 is 0 Å². The van der Waals surface area contributed by atoms with Crippen molar-refractivity contribution < 1.29 is 14.6 Å². The van der Waals surface area contributed by atoms with Gasteiger partial charge in [0.1, 0.15) is 0 Å². The summed E-state index contributed by atoms with van der Waals surface area (Å²) in [6.07, 6.45) is 4.00. The van der Waals surface area contributed by atoms with Crippen molar-refractivity contribution in [2.75, 3.05) is 53.6 Å². The van der Waals surface area contributed by atoms with Gasteiger partial charge in [-0.05, 0) is 44.2 Å². The van der Waals surface area contributed by atoms with Gasteiger partial charge in [-0.3, -0.25) is 4.99 Å². The Bertz CT molecular complexity index is 608. The highest BCUT2D eigenvalue weighted by Gasteiger charge is 2.19. The fourth-order valence-electron chi connectivity index (χ4n) is 3.47. The number of piperidine rings is 1. The molecule has 0 unspecified atom stereocenters. The molecule has 1 aromatic rings. The topological polar surface area (TPSA) is 78.4 Å². The Morgan fingerprint density at radius 2 is 2.03 bits per heavy atom. The maximum absolute atomic E-state index is 10.2. The second-order valence-electron chi connectivity index (χ2n) is 7.09.